The highest BCUT2D eigenvalue weighted by atomic mass is 16.5. The van der Waals surface area contributed by atoms with E-state index in [9.17, 15) is 4.79 Å². The molecule has 0 amide bonds. The minimum Gasteiger partial charge on any atom is -0.373 e. The standard InChI is InChI=1S/C23H39NO3/c1-7-12-22(3,4)26-15-16-27-23(5,6)13-14-24-18-21(25)17-20-10-8-19(2)9-11-20/h8-11,24H,7,12-18H2,1-6H3. The summed E-state index contributed by atoms with van der Waals surface area (Å²) < 4.78 is 11.9. The molecule has 0 saturated heterocycles. The monoisotopic (exact) mass is 377 g/mol. The highest BCUT2D eigenvalue weighted by Gasteiger charge is 2.20. The molecule has 0 aliphatic rings. The summed E-state index contributed by atoms with van der Waals surface area (Å²) in [5, 5.41) is 3.24. The molecule has 154 valence electrons. The highest BCUT2D eigenvalue weighted by Crippen LogP contribution is 2.17. The van der Waals surface area contributed by atoms with Crippen LogP contribution in [0.15, 0.2) is 24.3 Å². The quantitative estimate of drug-likeness (QED) is 0.486. The van der Waals surface area contributed by atoms with Crippen molar-refractivity contribution in [1.82, 2.24) is 5.32 Å². The lowest BCUT2D eigenvalue weighted by Gasteiger charge is -2.28. The maximum Gasteiger partial charge on any atom is 0.150 e. The van der Waals surface area contributed by atoms with Gasteiger partial charge < -0.3 is 14.8 Å². The molecule has 0 radical (unpaired) electrons. The largest absolute Gasteiger partial charge is 0.373 e. The van der Waals surface area contributed by atoms with Gasteiger partial charge in [0, 0.05) is 6.42 Å². The lowest BCUT2D eigenvalue weighted by molar-refractivity contribution is -0.117. The second-order valence-corrected chi connectivity index (χ2v) is 8.59. The zero-order chi connectivity index (χ0) is 20.3. The highest BCUT2D eigenvalue weighted by molar-refractivity contribution is 5.82. The number of ketones is 1. The number of ether oxygens (including phenoxy) is 2. The predicted octanol–water partition coefficient (Wildman–Crippen LogP) is 4.48. The van der Waals surface area contributed by atoms with E-state index in [4.69, 9.17) is 9.47 Å². The predicted molar refractivity (Wildman–Crippen MR) is 112 cm³/mol. The summed E-state index contributed by atoms with van der Waals surface area (Å²) in [6.07, 6.45) is 3.51. The zero-order valence-electron chi connectivity index (χ0n) is 18.2. The average Bonchev–Trinajstić information content (AvgIpc) is 2.58. The fraction of sp³-hybridized carbons (Fsp3) is 0.696. The van der Waals surface area contributed by atoms with Gasteiger partial charge in [-0.05, 0) is 59.6 Å². The molecule has 1 rings (SSSR count). The van der Waals surface area contributed by atoms with Crippen molar-refractivity contribution in [2.45, 2.75) is 78.4 Å². The van der Waals surface area contributed by atoms with Gasteiger partial charge in [-0.2, -0.15) is 0 Å². The van der Waals surface area contributed by atoms with Crippen LogP contribution in [0.4, 0.5) is 0 Å². The van der Waals surface area contributed by atoms with Crippen molar-refractivity contribution in [1.29, 1.82) is 0 Å². The molecule has 1 aromatic rings. The Morgan fingerprint density at radius 1 is 0.963 bits per heavy atom. The summed E-state index contributed by atoms with van der Waals surface area (Å²) in [5.74, 6) is 0.212. The zero-order valence-corrected chi connectivity index (χ0v) is 18.2. The number of hydrogen-bond donors (Lipinski definition) is 1. The third kappa shape index (κ3) is 11.3. The fourth-order valence-corrected chi connectivity index (χ4v) is 3.00. The third-order valence-corrected chi connectivity index (χ3v) is 4.67. The van der Waals surface area contributed by atoms with Crippen LogP contribution in [-0.2, 0) is 20.7 Å². The Balaban J connectivity index is 2.16. The summed E-state index contributed by atoms with van der Waals surface area (Å²) in [4.78, 5) is 12.1. The van der Waals surface area contributed by atoms with Crippen LogP contribution in [0, 0.1) is 6.92 Å². The summed E-state index contributed by atoms with van der Waals surface area (Å²) in [7, 11) is 0. The van der Waals surface area contributed by atoms with Crippen molar-refractivity contribution in [3.05, 3.63) is 35.4 Å². The van der Waals surface area contributed by atoms with Crippen LogP contribution >= 0.6 is 0 Å². The minimum absolute atomic E-state index is 0.0817. The van der Waals surface area contributed by atoms with Gasteiger partial charge in [0.25, 0.3) is 0 Å². The molecule has 0 atom stereocenters. The number of aryl methyl sites for hydroxylation is 1. The average molecular weight is 378 g/mol. The first-order chi connectivity index (χ1) is 12.6. The molecular weight excluding hydrogens is 338 g/mol. The van der Waals surface area contributed by atoms with Crippen molar-refractivity contribution >= 4 is 5.78 Å². The van der Waals surface area contributed by atoms with Crippen molar-refractivity contribution in [3.63, 3.8) is 0 Å². The van der Waals surface area contributed by atoms with Crippen LogP contribution in [0.1, 0.15) is 65.0 Å². The first-order valence-electron chi connectivity index (χ1n) is 10.2. The molecule has 0 bridgehead atoms. The minimum atomic E-state index is -0.231. The van der Waals surface area contributed by atoms with Crippen LogP contribution in [0.5, 0.6) is 0 Å². The van der Waals surface area contributed by atoms with Gasteiger partial charge in [0.1, 0.15) is 0 Å². The van der Waals surface area contributed by atoms with E-state index in [-0.39, 0.29) is 17.0 Å². The maximum absolute atomic E-state index is 12.1. The topological polar surface area (TPSA) is 47.6 Å². The summed E-state index contributed by atoms with van der Waals surface area (Å²) in [5.41, 5.74) is 1.97. The second kappa shape index (κ2) is 11.6. The summed E-state index contributed by atoms with van der Waals surface area (Å²) >= 11 is 0. The molecule has 0 fully saturated rings. The van der Waals surface area contributed by atoms with E-state index in [1.165, 1.54) is 5.56 Å². The molecular formula is C23H39NO3. The van der Waals surface area contributed by atoms with E-state index in [0.29, 0.717) is 26.2 Å². The number of rotatable bonds is 14. The van der Waals surface area contributed by atoms with Crippen LogP contribution in [0.2, 0.25) is 0 Å². The summed E-state index contributed by atoms with van der Waals surface area (Å²) in [6, 6.07) is 8.13. The molecule has 4 heteroatoms. The number of hydrogen-bond acceptors (Lipinski definition) is 4. The van der Waals surface area contributed by atoms with E-state index in [0.717, 1.165) is 31.4 Å². The normalized spacial score (nSPS) is 12.4. The molecule has 0 aliphatic carbocycles. The van der Waals surface area contributed by atoms with Crippen molar-refractivity contribution < 1.29 is 14.3 Å². The Morgan fingerprint density at radius 3 is 2.07 bits per heavy atom. The van der Waals surface area contributed by atoms with Gasteiger partial charge in [-0.1, -0.05) is 43.2 Å². The second-order valence-electron chi connectivity index (χ2n) is 8.59. The Kier molecular flexibility index (Phi) is 10.2. The molecule has 1 aromatic carbocycles. The molecule has 27 heavy (non-hydrogen) atoms. The molecule has 0 unspecified atom stereocenters. The first-order valence-corrected chi connectivity index (χ1v) is 10.2. The lowest BCUT2D eigenvalue weighted by Crippen LogP contribution is -2.34. The fourth-order valence-electron chi connectivity index (χ4n) is 3.00. The molecule has 0 spiro atoms. The van der Waals surface area contributed by atoms with Crippen molar-refractivity contribution in [3.8, 4) is 0 Å². The molecule has 0 aromatic heterocycles. The number of Topliss-reactive ketones (excluding diaryl/α,β-unsaturated/α-hetero) is 1. The third-order valence-electron chi connectivity index (χ3n) is 4.67. The van der Waals surface area contributed by atoms with Crippen LogP contribution in [0.3, 0.4) is 0 Å². The Hall–Kier alpha value is -1.23. The maximum atomic E-state index is 12.1. The van der Waals surface area contributed by atoms with E-state index < -0.39 is 0 Å². The van der Waals surface area contributed by atoms with Crippen LogP contribution in [0.25, 0.3) is 0 Å². The van der Waals surface area contributed by atoms with E-state index >= 15 is 0 Å². The van der Waals surface area contributed by atoms with E-state index in [1.54, 1.807) is 0 Å². The van der Waals surface area contributed by atoms with Gasteiger partial charge in [0.15, 0.2) is 5.78 Å². The molecule has 4 nitrogen and oxygen atoms in total. The SMILES string of the molecule is CCCC(C)(C)OCCOC(C)(C)CCNCC(=O)Cc1ccc(C)cc1. The lowest BCUT2D eigenvalue weighted by atomic mass is 10.0. The van der Waals surface area contributed by atoms with Gasteiger partial charge in [-0.3, -0.25) is 4.79 Å². The van der Waals surface area contributed by atoms with E-state index in [2.05, 4.69) is 46.9 Å². The Bertz CT molecular complexity index is 549. The number of benzene rings is 1. The Morgan fingerprint density at radius 2 is 1.52 bits per heavy atom. The first kappa shape index (κ1) is 23.8. The molecule has 0 aliphatic heterocycles. The van der Waals surface area contributed by atoms with Gasteiger partial charge >= 0.3 is 0 Å². The van der Waals surface area contributed by atoms with Gasteiger partial charge in [0.2, 0.25) is 0 Å². The number of nitrogens with one attached hydrogen (secondary N) is 1. The molecule has 0 heterocycles. The van der Waals surface area contributed by atoms with E-state index in [1.807, 2.05) is 24.3 Å². The van der Waals surface area contributed by atoms with Gasteiger partial charge in [-0.25, -0.2) is 0 Å². The number of carbonyl (C=O) groups is 1. The van der Waals surface area contributed by atoms with Gasteiger partial charge in [-0.15, -0.1) is 0 Å². The van der Waals surface area contributed by atoms with Gasteiger partial charge in [0.05, 0.1) is 31.0 Å². The Labute approximate surface area is 166 Å². The molecule has 0 saturated carbocycles. The van der Waals surface area contributed by atoms with Crippen LogP contribution in [-0.4, -0.2) is 43.3 Å². The summed E-state index contributed by atoms with van der Waals surface area (Å²) in [6.45, 7) is 15.0. The number of carbonyl (C=O) groups excluding carboxylic acids is 1. The van der Waals surface area contributed by atoms with Crippen molar-refractivity contribution in [2.24, 2.45) is 0 Å². The van der Waals surface area contributed by atoms with Crippen LogP contribution < -0.4 is 5.32 Å². The van der Waals surface area contributed by atoms with Crippen molar-refractivity contribution in [2.75, 3.05) is 26.3 Å². The molecule has 1 N–H and O–H groups in total. The smallest absolute Gasteiger partial charge is 0.150 e.